The van der Waals surface area contributed by atoms with Gasteiger partial charge in [0.05, 0.1) is 5.56 Å². The van der Waals surface area contributed by atoms with Crippen molar-refractivity contribution in [1.82, 2.24) is 14.6 Å². The van der Waals surface area contributed by atoms with Gasteiger partial charge in [-0.05, 0) is 23.3 Å². The van der Waals surface area contributed by atoms with Gasteiger partial charge in [0.25, 0.3) is 5.24 Å². The molecule has 2 radical (unpaired) electrons. The number of aromatic nitrogens is 3. The Labute approximate surface area is 90.2 Å². The predicted molar refractivity (Wildman–Crippen MR) is 53.6 cm³/mol. The van der Waals surface area contributed by atoms with Gasteiger partial charge in [-0.15, -0.1) is 0 Å². The summed E-state index contributed by atoms with van der Waals surface area (Å²) in [4.78, 5) is 14.7. The number of halogens is 2. The summed E-state index contributed by atoms with van der Waals surface area (Å²) in [5.41, 5.74) is 0.815. The van der Waals surface area contributed by atoms with Crippen molar-refractivity contribution >= 4 is 47.4 Å². The van der Waals surface area contributed by atoms with Gasteiger partial charge in [0, 0.05) is 0 Å². The Hall–Kier alpha value is -1.07. The summed E-state index contributed by atoms with van der Waals surface area (Å²) in [5.74, 6) is 0. The van der Waals surface area contributed by atoms with Gasteiger partial charge in [-0.1, -0.05) is 11.6 Å². The molecule has 0 aliphatic carbocycles. The zero-order valence-corrected chi connectivity index (χ0v) is 8.25. The predicted octanol–water partition coefficient (Wildman–Crippen LogP) is 0.555. The fraction of sp³-hybridized carbons (Fsp3) is 0. The van der Waals surface area contributed by atoms with E-state index in [4.69, 9.17) is 31.0 Å². The number of hydrogen-bond donors (Lipinski definition) is 0. The molecule has 14 heavy (non-hydrogen) atoms. The molecule has 0 aliphatic heterocycles. The molecule has 0 unspecified atom stereocenters. The SMILES string of the molecule is [B]c1cc(C(=O)Cl)c2c(Cl)ncnn12. The normalized spacial score (nSPS) is 10.7. The molecule has 0 aliphatic rings. The minimum absolute atomic E-state index is 0.140. The number of rotatable bonds is 1. The molecule has 0 aromatic carbocycles. The van der Waals surface area contributed by atoms with Gasteiger partial charge in [0.2, 0.25) is 0 Å². The van der Waals surface area contributed by atoms with E-state index in [1.165, 1.54) is 16.9 Å². The Morgan fingerprint density at radius 3 is 2.93 bits per heavy atom. The van der Waals surface area contributed by atoms with Crippen molar-refractivity contribution in [1.29, 1.82) is 0 Å². The lowest BCUT2D eigenvalue weighted by atomic mass is 10.1. The van der Waals surface area contributed by atoms with Crippen molar-refractivity contribution in [3.63, 3.8) is 0 Å². The topological polar surface area (TPSA) is 47.3 Å². The van der Waals surface area contributed by atoms with Gasteiger partial charge in [0.15, 0.2) is 5.15 Å². The van der Waals surface area contributed by atoms with E-state index in [-0.39, 0.29) is 16.3 Å². The monoisotopic (exact) mass is 225 g/mol. The first-order chi connectivity index (χ1) is 6.61. The molecule has 0 N–H and O–H groups in total. The highest BCUT2D eigenvalue weighted by molar-refractivity contribution is 6.68. The van der Waals surface area contributed by atoms with Gasteiger partial charge in [0.1, 0.15) is 19.7 Å². The third-order valence-corrected chi connectivity index (χ3v) is 2.23. The maximum Gasteiger partial charge on any atom is 0.254 e. The highest BCUT2D eigenvalue weighted by Gasteiger charge is 2.15. The molecule has 4 nitrogen and oxygen atoms in total. The summed E-state index contributed by atoms with van der Waals surface area (Å²) in [7, 11) is 5.59. The first kappa shape index (κ1) is 9.49. The van der Waals surface area contributed by atoms with E-state index in [2.05, 4.69) is 10.1 Å². The molecule has 2 aromatic heterocycles. The highest BCUT2D eigenvalue weighted by Crippen LogP contribution is 2.18. The first-order valence-electron chi connectivity index (χ1n) is 3.59. The lowest BCUT2D eigenvalue weighted by molar-refractivity contribution is 0.108. The van der Waals surface area contributed by atoms with E-state index in [0.717, 1.165) is 0 Å². The van der Waals surface area contributed by atoms with Crippen LogP contribution in [0.4, 0.5) is 0 Å². The fourth-order valence-electron chi connectivity index (χ4n) is 1.18. The van der Waals surface area contributed by atoms with Crippen LogP contribution in [-0.4, -0.2) is 27.7 Å². The van der Waals surface area contributed by atoms with Crippen LogP contribution in [0.5, 0.6) is 0 Å². The summed E-state index contributed by atoms with van der Waals surface area (Å²) in [6, 6.07) is 1.41. The number of fused-ring (bicyclic) bond motifs is 1. The van der Waals surface area contributed by atoms with Crippen LogP contribution >= 0.6 is 23.2 Å². The molecule has 0 saturated carbocycles. The highest BCUT2D eigenvalue weighted by atomic mass is 35.5. The molecule has 0 bridgehead atoms. The molecule has 2 aromatic rings. The van der Waals surface area contributed by atoms with Gasteiger partial charge in [-0.2, -0.15) is 5.10 Å². The molecular formula is C7H2BCl2N3O. The number of carbonyl (C=O) groups excluding carboxylic acids is 1. The smallest absolute Gasteiger partial charge is 0.254 e. The maximum atomic E-state index is 11.0. The average molecular weight is 226 g/mol. The molecule has 0 saturated heterocycles. The van der Waals surface area contributed by atoms with E-state index in [9.17, 15) is 4.79 Å². The van der Waals surface area contributed by atoms with E-state index in [0.29, 0.717) is 5.52 Å². The number of carbonyl (C=O) groups is 1. The van der Waals surface area contributed by atoms with Gasteiger partial charge in [-0.3, -0.25) is 4.79 Å². The molecule has 0 spiro atoms. The largest absolute Gasteiger partial charge is 0.276 e. The van der Waals surface area contributed by atoms with Crippen molar-refractivity contribution in [3.8, 4) is 0 Å². The van der Waals surface area contributed by atoms with E-state index in [1.54, 1.807) is 0 Å². The maximum absolute atomic E-state index is 11.0. The van der Waals surface area contributed by atoms with E-state index >= 15 is 0 Å². The van der Waals surface area contributed by atoms with Crippen molar-refractivity contribution in [3.05, 3.63) is 23.1 Å². The Kier molecular flexibility index (Phi) is 2.21. The van der Waals surface area contributed by atoms with Crippen molar-refractivity contribution in [2.45, 2.75) is 0 Å². The zero-order valence-electron chi connectivity index (χ0n) is 6.74. The minimum Gasteiger partial charge on any atom is -0.276 e. The number of hydrogen-bond acceptors (Lipinski definition) is 3. The lowest BCUT2D eigenvalue weighted by Crippen LogP contribution is -2.12. The zero-order chi connectivity index (χ0) is 10.3. The van der Waals surface area contributed by atoms with Crippen LogP contribution in [0.2, 0.25) is 5.15 Å². The summed E-state index contributed by atoms with van der Waals surface area (Å²) >= 11 is 11.1. The lowest BCUT2D eigenvalue weighted by Gasteiger charge is -1.97. The summed E-state index contributed by atoms with van der Waals surface area (Å²) < 4.78 is 1.31. The van der Waals surface area contributed by atoms with Gasteiger partial charge >= 0.3 is 0 Å². The fourth-order valence-corrected chi connectivity index (χ4v) is 1.55. The standard InChI is InChI=1S/C7H2BCl2N3O/c8-4-1-3(7(10)14)5-6(9)11-2-12-13(4)5/h1-2H. The molecule has 2 rings (SSSR count). The molecule has 2 heterocycles. The summed E-state index contributed by atoms with van der Waals surface area (Å²) in [6.45, 7) is 0. The molecular weight excluding hydrogens is 224 g/mol. The van der Waals surface area contributed by atoms with Crippen LogP contribution in [0, 0.1) is 0 Å². The van der Waals surface area contributed by atoms with Gasteiger partial charge < -0.3 is 0 Å². The summed E-state index contributed by atoms with van der Waals surface area (Å²) in [6.07, 6.45) is 1.24. The molecule has 0 atom stereocenters. The Morgan fingerprint density at radius 1 is 1.57 bits per heavy atom. The Balaban J connectivity index is 2.93. The molecule has 0 fully saturated rings. The minimum atomic E-state index is -0.643. The molecule has 7 heteroatoms. The van der Waals surface area contributed by atoms with Crippen molar-refractivity contribution < 1.29 is 4.79 Å². The van der Waals surface area contributed by atoms with Gasteiger partial charge in [-0.25, -0.2) is 9.50 Å². The molecule has 0 amide bonds. The van der Waals surface area contributed by atoms with E-state index in [1.807, 2.05) is 0 Å². The molecule has 68 valence electrons. The van der Waals surface area contributed by atoms with E-state index < -0.39 is 5.24 Å². The third-order valence-electron chi connectivity index (χ3n) is 1.75. The second-order valence-electron chi connectivity index (χ2n) is 2.57. The second-order valence-corrected chi connectivity index (χ2v) is 3.27. The second kappa shape index (κ2) is 3.26. The summed E-state index contributed by atoms with van der Waals surface area (Å²) in [5, 5.41) is 3.33. The quantitative estimate of drug-likeness (QED) is 0.526. The Bertz CT molecular complexity index is 525. The number of nitrogens with zero attached hydrogens (tertiary/aromatic N) is 3. The third kappa shape index (κ3) is 1.29. The van der Waals surface area contributed by atoms with Crippen LogP contribution in [0.25, 0.3) is 5.52 Å². The average Bonchev–Trinajstić information content (AvgIpc) is 2.46. The Morgan fingerprint density at radius 2 is 2.29 bits per heavy atom. The van der Waals surface area contributed by atoms with Crippen LogP contribution in [-0.2, 0) is 0 Å². The van der Waals surface area contributed by atoms with Crippen molar-refractivity contribution in [2.75, 3.05) is 0 Å². The first-order valence-corrected chi connectivity index (χ1v) is 4.34. The van der Waals surface area contributed by atoms with Crippen molar-refractivity contribution in [2.24, 2.45) is 0 Å². The van der Waals surface area contributed by atoms with Crippen LogP contribution in [0.15, 0.2) is 12.4 Å². The van der Waals surface area contributed by atoms with Crippen LogP contribution < -0.4 is 5.59 Å². The van der Waals surface area contributed by atoms with Crippen LogP contribution in [0.3, 0.4) is 0 Å². The van der Waals surface area contributed by atoms with Crippen LogP contribution in [0.1, 0.15) is 10.4 Å².